The molecule has 0 saturated carbocycles. The molecule has 0 aromatic heterocycles. The Balaban J connectivity index is 3.03. The fourth-order valence-corrected chi connectivity index (χ4v) is 1.89. The quantitative estimate of drug-likeness (QED) is 0.560. The summed E-state index contributed by atoms with van der Waals surface area (Å²) in [6.07, 6.45) is 0.991. The lowest BCUT2D eigenvalue weighted by Crippen LogP contribution is -2.16. The van der Waals surface area contributed by atoms with E-state index < -0.39 is 8.07 Å². The first-order valence-electron chi connectivity index (χ1n) is 5.66. The third kappa shape index (κ3) is 3.75. The number of ether oxygens (including phenoxy) is 1. The highest BCUT2D eigenvalue weighted by molar-refractivity contribution is 6.83. The number of methoxy groups -OCH3 is 1. The first kappa shape index (κ1) is 12.9. The molecule has 0 aliphatic heterocycles. The second-order valence-electron chi connectivity index (χ2n) is 4.88. The molecule has 16 heavy (non-hydrogen) atoms. The van der Waals surface area contributed by atoms with Gasteiger partial charge < -0.3 is 4.74 Å². The Labute approximate surface area is 99.8 Å². The summed E-state index contributed by atoms with van der Waals surface area (Å²) in [5, 5.41) is 0. The predicted molar refractivity (Wildman–Crippen MR) is 72.6 cm³/mol. The summed E-state index contributed by atoms with van der Waals surface area (Å²) in [6, 6.07) is 6.22. The summed E-state index contributed by atoms with van der Waals surface area (Å²) < 4.78 is 5.35. The lowest BCUT2D eigenvalue weighted by molar-refractivity contribution is 0.410. The van der Waals surface area contributed by atoms with E-state index in [1.54, 1.807) is 7.11 Å². The van der Waals surface area contributed by atoms with Gasteiger partial charge >= 0.3 is 0 Å². The molecule has 1 nitrogen and oxygen atoms in total. The van der Waals surface area contributed by atoms with Crippen molar-refractivity contribution >= 4 is 8.07 Å². The fourth-order valence-electron chi connectivity index (χ4n) is 1.37. The molecule has 0 fully saturated rings. The average Bonchev–Trinajstić information content (AvgIpc) is 2.25. The Hall–Kier alpha value is -1.20. The van der Waals surface area contributed by atoms with Crippen molar-refractivity contribution < 1.29 is 4.74 Å². The van der Waals surface area contributed by atoms with Gasteiger partial charge in [-0.2, -0.15) is 0 Å². The summed E-state index contributed by atoms with van der Waals surface area (Å²) in [7, 11) is 0.421. The van der Waals surface area contributed by atoms with Crippen molar-refractivity contribution in [1.82, 2.24) is 0 Å². The number of rotatable bonds is 2. The van der Waals surface area contributed by atoms with Gasteiger partial charge in [0, 0.05) is 5.56 Å². The molecule has 0 spiro atoms. The molecule has 1 rings (SSSR count). The van der Waals surface area contributed by atoms with E-state index in [1.165, 1.54) is 5.56 Å². The van der Waals surface area contributed by atoms with E-state index in [0.717, 1.165) is 17.7 Å². The van der Waals surface area contributed by atoms with E-state index >= 15 is 0 Å². The largest absolute Gasteiger partial charge is 0.496 e. The van der Waals surface area contributed by atoms with Crippen molar-refractivity contribution in [3.8, 4) is 17.2 Å². The average molecular weight is 232 g/mol. The Morgan fingerprint density at radius 2 is 1.94 bits per heavy atom. The normalized spacial score (nSPS) is 10.6. The van der Waals surface area contributed by atoms with Crippen LogP contribution >= 0.6 is 0 Å². The third-order valence-electron chi connectivity index (χ3n) is 2.25. The molecule has 1 aromatic carbocycles. The summed E-state index contributed by atoms with van der Waals surface area (Å²) in [5.41, 5.74) is 5.65. The van der Waals surface area contributed by atoms with E-state index in [0.29, 0.717) is 0 Å². The molecule has 0 unspecified atom stereocenters. The minimum Gasteiger partial charge on any atom is -0.496 e. The van der Waals surface area contributed by atoms with Gasteiger partial charge in [0.25, 0.3) is 0 Å². The molecule has 2 heteroatoms. The first-order chi connectivity index (χ1) is 7.46. The molecular formula is C14H20OSi. The van der Waals surface area contributed by atoms with Crippen LogP contribution in [0.2, 0.25) is 19.6 Å². The number of hydrogen-bond donors (Lipinski definition) is 0. The van der Waals surface area contributed by atoms with E-state index in [-0.39, 0.29) is 0 Å². The van der Waals surface area contributed by atoms with Crippen LogP contribution in [0.3, 0.4) is 0 Å². The molecule has 0 atom stereocenters. The van der Waals surface area contributed by atoms with Crippen LogP contribution in [0.4, 0.5) is 0 Å². The van der Waals surface area contributed by atoms with Crippen LogP contribution in [-0.4, -0.2) is 15.2 Å². The van der Waals surface area contributed by atoms with Crippen molar-refractivity contribution in [3.05, 3.63) is 29.3 Å². The maximum atomic E-state index is 5.35. The van der Waals surface area contributed by atoms with Crippen molar-refractivity contribution in [2.75, 3.05) is 7.11 Å². The highest BCUT2D eigenvalue weighted by atomic mass is 28.3. The van der Waals surface area contributed by atoms with Gasteiger partial charge in [-0.05, 0) is 24.1 Å². The van der Waals surface area contributed by atoms with Gasteiger partial charge in [-0.3, -0.25) is 0 Å². The maximum Gasteiger partial charge on any atom is 0.129 e. The molecular weight excluding hydrogens is 212 g/mol. The van der Waals surface area contributed by atoms with Gasteiger partial charge in [0.15, 0.2) is 0 Å². The molecule has 0 heterocycles. The zero-order chi connectivity index (χ0) is 12.2. The first-order valence-corrected chi connectivity index (χ1v) is 9.16. The van der Waals surface area contributed by atoms with Crippen molar-refractivity contribution in [2.45, 2.75) is 33.0 Å². The van der Waals surface area contributed by atoms with Gasteiger partial charge in [-0.25, -0.2) is 0 Å². The molecule has 0 aliphatic carbocycles. The second-order valence-corrected chi connectivity index (χ2v) is 9.63. The zero-order valence-corrected chi connectivity index (χ0v) is 11.8. The van der Waals surface area contributed by atoms with E-state index in [2.05, 4.69) is 50.2 Å². The van der Waals surface area contributed by atoms with Gasteiger partial charge in [0.2, 0.25) is 0 Å². The molecule has 0 aliphatic rings. The summed E-state index contributed by atoms with van der Waals surface area (Å²) in [6.45, 7) is 8.87. The smallest absolute Gasteiger partial charge is 0.129 e. The molecule has 0 bridgehead atoms. The lowest BCUT2D eigenvalue weighted by atomic mass is 10.1. The van der Waals surface area contributed by atoms with Crippen LogP contribution in [-0.2, 0) is 6.42 Å². The van der Waals surface area contributed by atoms with Gasteiger partial charge in [-0.15, -0.1) is 5.54 Å². The predicted octanol–water partition coefficient (Wildman–Crippen LogP) is 3.49. The molecule has 1 aromatic rings. The van der Waals surface area contributed by atoms with Crippen molar-refractivity contribution in [3.63, 3.8) is 0 Å². The molecule has 0 radical (unpaired) electrons. The monoisotopic (exact) mass is 232 g/mol. The van der Waals surface area contributed by atoms with Crippen LogP contribution in [0.1, 0.15) is 18.1 Å². The molecule has 0 N–H and O–H groups in total. The second kappa shape index (κ2) is 5.22. The van der Waals surface area contributed by atoms with E-state index in [1.807, 2.05) is 6.07 Å². The number of aryl methyl sites for hydroxylation is 1. The van der Waals surface area contributed by atoms with Gasteiger partial charge in [0.05, 0.1) is 7.11 Å². The van der Waals surface area contributed by atoms with Gasteiger partial charge in [0.1, 0.15) is 13.8 Å². The zero-order valence-electron chi connectivity index (χ0n) is 10.8. The Morgan fingerprint density at radius 1 is 1.25 bits per heavy atom. The summed E-state index contributed by atoms with van der Waals surface area (Å²) >= 11 is 0. The van der Waals surface area contributed by atoms with Crippen LogP contribution in [0.25, 0.3) is 0 Å². The minimum absolute atomic E-state index is 0.949. The van der Waals surface area contributed by atoms with Crippen molar-refractivity contribution in [2.24, 2.45) is 0 Å². The summed E-state index contributed by atoms with van der Waals surface area (Å²) in [5.74, 6) is 4.19. The minimum atomic E-state index is -1.29. The Morgan fingerprint density at radius 3 is 2.44 bits per heavy atom. The third-order valence-corrected chi connectivity index (χ3v) is 3.12. The molecule has 0 saturated heterocycles. The van der Waals surface area contributed by atoms with Crippen LogP contribution in [0.5, 0.6) is 5.75 Å². The van der Waals surface area contributed by atoms with Crippen molar-refractivity contribution in [1.29, 1.82) is 0 Å². The highest BCUT2D eigenvalue weighted by Gasteiger charge is 2.07. The van der Waals surface area contributed by atoms with Crippen LogP contribution in [0, 0.1) is 11.5 Å². The number of hydrogen-bond acceptors (Lipinski definition) is 1. The van der Waals surface area contributed by atoms with Gasteiger partial charge in [-0.1, -0.05) is 38.6 Å². The Kier molecular flexibility index (Phi) is 4.20. The van der Waals surface area contributed by atoms with E-state index in [4.69, 9.17) is 4.74 Å². The standard InChI is InChI=1S/C14H20OSi/c1-6-13-8-7-12(11-14(13)15-2)9-10-16(3,4)5/h7-8,11H,6H2,1-5H3. The topological polar surface area (TPSA) is 9.23 Å². The molecule has 86 valence electrons. The highest BCUT2D eigenvalue weighted by Crippen LogP contribution is 2.20. The maximum absolute atomic E-state index is 5.35. The lowest BCUT2D eigenvalue weighted by Gasteiger charge is -2.07. The fraction of sp³-hybridized carbons (Fsp3) is 0.429. The number of benzene rings is 1. The van der Waals surface area contributed by atoms with Crippen LogP contribution in [0.15, 0.2) is 18.2 Å². The molecule has 0 amide bonds. The van der Waals surface area contributed by atoms with E-state index in [9.17, 15) is 0 Å². The SMILES string of the molecule is CCc1ccc(C#C[Si](C)(C)C)cc1OC. The van der Waals surface area contributed by atoms with Crippen LogP contribution < -0.4 is 4.74 Å². The Bertz CT molecular complexity index is 419. The summed E-state index contributed by atoms with van der Waals surface area (Å²) in [4.78, 5) is 0.